The highest BCUT2D eigenvalue weighted by Crippen LogP contribution is 2.35. The Morgan fingerprint density at radius 1 is 1.23 bits per heavy atom. The summed E-state index contributed by atoms with van der Waals surface area (Å²) in [7, 11) is 0. The van der Waals surface area contributed by atoms with Gasteiger partial charge in [0.05, 0.1) is 16.9 Å². The zero-order chi connectivity index (χ0) is 15.5. The lowest BCUT2D eigenvalue weighted by Gasteiger charge is -2.14. The highest BCUT2D eigenvalue weighted by Gasteiger charge is 2.32. The van der Waals surface area contributed by atoms with Gasteiger partial charge in [-0.05, 0) is 48.6 Å². The molecular formula is C16H10BrNO2S2. The minimum absolute atomic E-state index is 0.110. The van der Waals surface area contributed by atoms with Gasteiger partial charge < -0.3 is 4.42 Å². The maximum atomic E-state index is 12.5. The number of thioether (sulfide) groups is 1. The van der Waals surface area contributed by atoms with E-state index in [1.54, 1.807) is 29.4 Å². The van der Waals surface area contributed by atoms with Gasteiger partial charge in [0.25, 0.3) is 5.91 Å². The average Bonchev–Trinajstić information content (AvgIpc) is 3.10. The topological polar surface area (TPSA) is 33.5 Å². The number of hydrogen-bond acceptors (Lipinski definition) is 4. The van der Waals surface area contributed by atoms with Crippen molar-refractivity contribution < 1.29 is 9.21 Å². The van der Waals surface area contributed by atoms with Crippen LogP contribution < -0.4 is 4.90 Å². The lowest BCUT2D eigenvalue weighted by Crippen LogP contribution is -2.27. The minimum atomic E-state index is -0.110. The molecule has 0 spiro atoms. The second-order valence-electron chi connectivity index (χ2n) is 4.39. The molecule has 0 atom stereocenters. The predicted octanol–water partition coefficient (Wildman–Crippen LogP) is 5.00. The van der Waals surface area contributed by atoms with Crippen molar-refractivity contribution in [2.24, 2.45) is 0 Å². The van der Waals surface area contributed by atoms with Crippen LogP contribution in [0.4, 0.5) is 5.69 Å². The first-order valence-corrected chi connectivity index (χ1v) is 8.40. The number of furan rings is 1. The zero-order valence-electron chi connectivity index (χ0n) is 11.2. The molecule has 0 aliphatic carbocycles. The van der Waals surface area contributed by atoms with E-state index in [9.17, 15) is 4.79 Å². The van der Waals surface area contributed by atoms with E-state index in [1.807, 2.05) is 36.4 Å². The number of carbonyl (C=O) groups is 1. The Kier molecular flexibility index (Phi) is 4.61. The maximum Gasteiger partial charge on any atom is 0.270 e. The van der Waals surface area contributed by atoms with E-state index in [-0.39, 0.29) is 5.91 Å². The first-order chi connectivity index (χ1) is 10.6. The first-order valence-electron chi connectivity index (χ1n) is 6.39. The number of hydrogen-bond donors (Lipinski definition) is 0. The summed E-state index contributed by atoms with van der Waals surface area (Å²) in [4.78, 5) is 14.6. The predicted molar refractivity (Wildman–Crippen MR) is 97.6 cm³/mol. The lowest BCUT2D eigenvalue weighted by atomic mass is 10.3. The smallest absolute Gasteiger partial charge is 0.270 e. The van der Waals surface area contributed by atoms with Crippen LogP contribution in [-0.2, 0) is 4.79 Å². The van der Waals surface area contributed by atoms with Gasteiger partial charge in [0, 0.05) is 4.47 Å². The third kappa shape index (κ3) is 3.24. The maximum absolute atomic E-state index is 12.5. The highest BCUT2D eigenvalue weighted by molar-refractivity contribution is 9.10. The standard InChI is InChI=1S/C16H10BrNO2S2/c17-11-6-8-12(9-7-11)18-15(19)14(22-16(18)21)5-1-3-13-4-2-10-20-13/h1-10H/b3-1+,14-5+. The number of amides is 1. The molecule has 2 aromatic rings. The summed E-state index contributed by atoms with van der Waals surface area (Å²) in [6.45, 7) is 0. The summed E-state index contributed by atoms with van der Waals surface area (Å²) in [5.74, 6) is 0.626. The number of carbonyl (C=O) groups excluding carboxylic acids is 1. The number of rotatable bonds is 3. The largest absolute Gasteiger partial charge is 0.465 e. The average molecular weight is 392 g/mol. The molecule has 0 N–H and O–H groups in total. The Morgan fingerprint density at radius 2 is 2.00 bits per heavy atom. The molecule has 1 amide bonds. The molecule has 3 rings (SSSR count). The monoisotopic (exact) mass is 391 g/mol. The second kappa shape index (κ2) is 6.64. The van der Waals surface area contributed by atoms with Gasteiger partial charge in [-0.1, -0.05) is 46.0 Å². The fraction of sp³-hybridized carbons (Fsp3) is 0. The van der Waals surface area contributed by atoms with E-state index >= 15 is 0 Å². The van der Waals surface area contributed by atoms with Gasteiger partial charge in [0.1, 0.15) is 5.76 Å². The molecule has 3 nitrogen and oxygen atoms in total. The van der Waals surface area contributed by atoms with E-state index in [0.29, 0.717) is 9.23 Å². The number of allylic oxidation sites excluding steroid dienone is 2. The van der Waals surface area contributed by atoms with Crippen molar-refractivity contribution in [3.63, 3.8) is 0 Å². The van der Waals surface area contributed by atoms with Crippen molar-refractivity contribution in [1.29, 1.82) is 0 Å². The van der Waals surface area contributed by atoms with Gasteiger partial charge in [-0.2, -0.15) is 0 Å². The van der Waals surface area contributed by atoms with E-state index in [0.717, 1.165) is 15.9 Å². The van der Waals surface area contributed by atoms with Crippen molar-refractivity contribution in [3.8, 4) is 0 Å². The van der Waals surface area contributed by atoms with E-state index in [4.69, 9.17) is 16.6 Å². The molecule has 0 radical (unpaired) electrons. The van der Waals surface area contributed by atoms with Gasteiger partial charge in [-0.15, -0.1) is 0 Å². The fourth-order valence-corrected chi connectivity index (χ4v) is 3.43. The fourth-order valence-electron chi connectivity index (χ4n) is 1.91. The van der Waals surface area contributed by atoms with Crippen LogP contribution in [0.15, 0.2) is 68.6 Å². The van der Waals surface area contributed by atoms with Crippen LogP contribution in [-0.4, -0.2) is 10.2 Å². The Labute approximate surface area is 145 Å². The molecule has 0 unspecified atom stereocenters. The summed E-state index contributed by atoms with van der Waals surface area (Å²) >= 11 is 9.98. The molecule has 6 heteroatoms. The Balaban J connectivity index is 1.80. The Bertz CT molecular complexity index is 764. The normalized spacial score (nSPS) is 17.1. The summed E-state index contributed by atoms with van der Waals surface area (Å²) in [6.07, 6.45) is 6.94. The Hall–Kier alpha value is -1.63. The highest BCUT2D eigenvalue weighted by atomic mass is 79.9. The van der Waals surface area contributed by atoms with Gasteiger partial charge in [0.2, 0.25) is 0 Å². The first kappa shape index (κ1) is 15.3. The molecular weight excluding hydrogens is 382 g/mol. The molecule has 22 heavy (non-hydrogen) atoms. The summed E-state index contributed by atoms with van der Waals surface area (Å²) in [5, 5.41) is 0. The van der Waals surface area contributed by atoms with Crippen LogP contribution in [0.2, 0.25) is 0 Å². The summed E-state index contributed by atoms with van der Waals surface area (Å²) in [5.41, 5.74) is 0.768. The van der Waals surface area contributed by atoms with Crippen molar-refractivity contribution in [1.82, 2.24) is 0 Å². The van der Waals surface area contributed by atoms with Gasteiger partial charge >= 0.3 is 0 Å². The zero-order valence-corrected chi connectivity index (χ0v) is 14.5. The van der Waals surface area contributed by atoms with Crippen molar-refractivity contribution in [3.05, 3.63) is 70.0 Å². The number of nitrogens with zero attached hydrogens (tertiary/aromatic N) is 1. The second-order valence-corrected chi connectivity index (χ2v) is 6.98. The number of benzene rings is 1. The number of halogens is 1. The third-order valence-electron chi connectivity index (χ3n) is 2.93. The van der Waals surface area contributed by atoms with Gasteiger partial charge in [0.15, 0.2) is 4.32 Å². The molecule has 1 saturated heterocycles. The van der Waals surface area contributed by atoms with Gasteiger partial charge in [-0.3, -0.25) is 9.69 Å². The minimum Gasteiger partial charge on any atom is -0.465 e. The van der Waals surface area contributed by atoms with Crippen molar-refractivity contribution >= 4 is 61.9 Å². The summed E-state index contributed by atoms with van der Waals surface area (Å²) < 4.78 is 6.69. The summed E-state index contributed by atoms with van der Waals surface area (Å²) in [6, 6.07) is 11.1. The molecule has 1 aromatic heterocycles. The van der Waals surface area contributed by atoms with Crippen molar-refractivity contribution in [2.75, 3.05) is 4.90 Å². The van der Waals surface area contributed by atoms with E-state index in [1.165, 1.54) is 11.8 Å². The SMILES string of the molecule is O=C1/C(=C\C=C\c2ccco2)SC(=S)N1c1ccc(Br)cc1. The molecule has 0 saturated carbocycles. The molecule has 1 aliphatic heterocycles. The van der Waals surface area contributed by atoms with Gasteiger partial charge in [-0.25, -0.2) is 0 Å². The van der Waals surface area contributed by atoms with E-state index < -0.39 is 0 Å². The molecule has 1 fully saturated rings. The molecule has 1 aromatic carbocycles. The molecule has 0 bridgehead atoms. The number of anilines is 1. The van der Waals surface area contributed by atoms with E-state index in [2.05, 4.69) is 15.9 Å². The van der Waals surface area contributed by atoms with Crippen LogP contribution in [0.5, 0.6) is 0 Å². The molecule has 1 aliphatic rings. The van der Waals surface area contributed by atoms with Crippen LogP contribution in [0.3, 0.4) is 0 Å². The Morgan fingerprint density at radius 3 is 2.68 bits per heavy atom. The van der Waals surface area contributed by atoms with Crippen molar-refractivity contribution in [2.45, 2.75) is 0 Å². The quantitative estimate of drug-likeness (QED) is 0.544. The van der Waals surface area contributed by atoms with Crippen LogP contribution in [0, 0.1) is 0 Å². The van der Waals surface area contributed by atoms with Crippen LogP contribution in [0.25, 0.3) is 6.08 Å². The number of thiocarbonyl (C=S) groups is 1. The molecule has 2 heterocycles. The third-order valence-corrected chi connectivity index (χ3v) is 4.78. The van der Waals surface area contributed by atoms with Crippen LogP contribution >= 0.6 is 39.9 Å². The lowest BCUT2D eigenvalue weighted by molar-refractivity contribution is -0.113. The molecule has 110 valence electrons. The van der Waals surface area contributed by atoms with Crippen LogP contribution in [0.1, 0.15) is 5.76 Å².